The Kier molecular flexibility index (Phi) is 2.93. The molecule has 0 aliphatic carbocycles. The summed E-state index contributed by atoms with van der Waals surface area (Å²) in [7, 11) is 0. The number of aromatic nitrogens is 1. The van der Waals surface area contributed by atoms with Crippen molar-refractivity contribution < 1.29 is 4.74 Å². The zero-order valence-corrected chi connectivity index (χ0v) is 10.2. The van der Waals surface area contributed by atoms with Crippen molar-refractivity contribution in [1.82, 2.24) is 4.98 Å². The second-order valence-electron chi connectivity index (χ2n) is 4.07. The van der Waals surface area contributed by atoms with Crippen LogP contribution in [-0.2, 0) is 11.2 Å². The minimum Gasteiger partial charge on any atom is -0.372 e. The first kappa shape index (κ1) is 10.9. The van der Waals surface area contributed by atoms with E-state index in [1.807, 2.05) is 35.9 Å². The van der Waals surface area contributed by atoms with Gasteiger partial charge in [-0.25, -0.2) is 0 Å². The van der Waals surface area contributed by atoms with E-state index >= 15 is 0 Å². The molecule has 0 radical (unpaired) electrons. The van der Waals surface area contributed by atoms with Gasteiger partial charge < -0.3 is 10.5 Å². The lowest BCUT2D eigenvalue weighted by Gasteiger charge is -2.23. The standard InChI is InChI=1S/C13H14N2OS/c14-7-11-13-10(9-1-4-15-5-2-9)8-17-12(13)3-6-16-11/h1-2,4-5,8,11H,3,6-7,14H2. The predicted octanol–water partition coefficient (Wildman–Crippen LogP) is 2.38. The van der Waals surface area contributed by atoms with E-state index in [9.17, 15) is 0 Å². The molecule has 0 saturated heterocycles. The third-order valence-corrected chi connectivity index (χ3v) is 4.15. The fourth-order valence-electron chi connectivity index (χ4n) is 2.27. The number of ether oxygens (including phenoxy) is 1. The first-order valence-electron chi connectivity index (χ1n) is 5.72. The fraction of sp³-hybridized carbons (Fsp3) is 0.308. The number of rotatable bonds is 2. The van der Waals surface area contributed by atoms with Gasteiger partial charge in [-0.2, -0.15) is 0 Å². The zero-order chi connectivity index (χ0) is 11.7. The molecule has 17 heavy (non-hydrogen) atoms. The van der Waals surface area contributed by atoms with Crippen LogP contribution in [0.2, 0.25) is 0 Å². The predicted molar refractivity (Wildman–Crippen MR) is 69.0 cm³/mol. The number of hydrogen-bond acceptors (Lipinski definition) is 4. The maximum atomic E-state index is 5.79. The molecule has 1 atom stereocenters. The molecule has 0 amide bonds. The van der Waals surface area contributed by atoms with Gasteiger partial charge in [-0.05, 0) is 28.6 Å². The molecule has 0 bridgehead atoms. The number of pyridine rings is 1. The smallest absolute Gasteiger partial charge is 0.0963 e. The maximum absolute atomic E-state index is 5.79. The normalized spacial score (nSPS) is 19.0. The number of hydrogen-bond donors (Lipinski definition) is 1. The zero-order valence-electron chi connectivity index (χ0n) is 9.43. The summed E-state index contributed by atoms with van der Waals surface area (Å²) in [6.07, 6.45) is 4.69. The van der Waals surface area contributed by atoms with Gasteiger partial charge in [0.25, 0.3) is 0 Å². The van der Waals surface area contributed by atoms with Crippen molar-refractivity contribution in [2.24, 2.45) is 5.73 Å². The minimum absolute atomic E-state index is 0.0492. The minimum atomic E-state index is 0.0492. The van der Waals surface area contributed by atoms with E-state index in [2.05, 4.69) is 10.4 Å². The lowest BCUT2D eigenvalue weighted by atomic mass is 9.97. The third-order valence-electron chi connectivity index (χ3n) is 3.09. The molecule has 88 valence electrons. The molecule has 0 saturated carbocycles. The summed E-state index contributed by atoms with van der Waals surface area (Å²) in [5, 5.41) is 2.21. The first-order chi connectivity index (χ1) is 8.40. The van der Waals surface area contributed by atoms with Crippen LogP contribution in [0.5, 0.6) is 0 Å². The Balaban J connectivity index is 2.10. The van der Waals surface area contributed by atoms with Crippen molar-refractivity contribution in [3.05, 3.63) is 40.3 Å². The summed E-state index contributed by atoms with van der Waals surface area (Å²) in [6, 6.07) is 4.06. The van der Waals surface area contributed by atoms with E-state index in [4.69, 9.17) is 10.5 Å². The van der Waals surface area contributed by atoms with Gasteiger partial charge in [-0.1, -0.05) is 0 Å². The average molecular weight is 246 g/mol. The van der Waals surface area contributed by atoms with Gasteiger partial charge in [0.2, 0.25) is 0 Å². The van der Waals surface area contributed by atoms with Crippen LogP contribution in [0.1, 0.15) is 16.5 Å². The Morgan fingerprint density at radius 1 is 1.41 bits per heavy atom. The Bertz CT molecular complexity index is 509. The molecule has 3 rings (SSSR count). The molecule has 2 aromatic heterocycles. The summed E-state index contributed by atoms with van der Waals surface area (Å²) in [6.45, 7) is 1.33. The van der Waals surface area contributed by atoms with E-state index in [0.29, 0.717) is 6.54 Å². The molecule has 4 heteroatoms. The number of nitrogens with two attached hydrogens (primary N) is 1. The molecule has 0 spiro atoms. The van der Waals surface area contributed by atoms with Gasteiger partial charge in [-0.15, -0.1) is 11.3 Å². The molecule has 0 fully saturated rings. The highest BCUT2D eigenvalue weighted by atomic mass is 32.1. The van der Waals surface area contributed by atoms with Gasteiger partial charge in [0.15, 0.2) is 0 Å². The van der Waals surface area contributed by atoms with Crippen LogP contribution in [-0.4, -0.2) is 18.1 Å². The summed E-state index contributed by atoms with van der Waals surface area (Å²) in [5.74, 6) is 0. The Morgan fingerprint density at radius 2 is 2.24 bits per heavy atom. The molecular formula is C13H14N2OS. The van der Waals surface area contributed by atoms with E-state index in [-0.39, 0.29) is 6.10 Å². The SMILES string of the molecule is NCC1OCCc2scc(-c3ccncc3)c21. The lowest BCUT2D eigenvalue weighted by Crippen LogP contribution is -2.22. The highest BCUT2D eigenvalue weighted by molar-refractivity contribution is 7.10. The van der Waals surface area contributed by atoms with E-state index in [0.717, 1.165) is 13.0 Å². The summed E-state index contributed by atoms with van der Waals surface area (Å²) < 4.78 is 5.74. The molecular weight excluding hydrogens is 232 g/mol. The molecule has 1 unspecified atom stereocenters. The maximum Gasteiger partial charge on any atom is 0.0963 e. The molecule has 1 aliphatic rings. The Morgan fingerprint density at radius 3 is 3.00 bits per heavy atom. The van der Waals surface area contributed by atoms with Crippen molar-refractivity contribution in [2.45, 2.75) is 12.5 Å². The molecule has 2 N–H and O–H groups in total. The van der Waals surface area contributed by atoms with Crippen LogP contribution >= 0.6 is 11.3 Å². The van der Waals surface area contributed by atoms with Crippen LogP contribution in [0.25, 0.3) is 11.1 Å². The Labute approximate surface area is 104 Å². The molecule has 2 aromatic rings. The van der Waals surface area contributed by atoms with Crippen molar-refractivity contribution in [3.63, 3.8) is 0 Å². The second-order valence-corrected chi connectivity index (χ2v) is 5.03. The molecule has 1 aliphatic heterocycles. The van der Waals surface area contributed by atoms with Crippen LogP contribution in [0.15, 0.2) is 29.9 Å². The highest BCUT2D eigenvalue weighted by Crippen LogP contribution is 2.39. The van der Waals surface area contributed by atoms with Crippen LogP contribution in [0.4, 0.5) is 0 Å². The molecule has 3 nitrogen and oxygen atoms in total. The van der Waals surface area contributed by atoms with Crippen molar-refractivity contribution in [2.75, 3.05) is 13.2 Å². The summed E-state index contributed by atoms with van der Waals surface area (Å²) >= 11 is 1.81. The molecule has 3 heterocycles. The number of fused-ring (bicyclic) bond motifs is 1. The fourth-order valence-corrected chi connectivity index (χ4v) is 3.36. The average Bonchev–Trinajstić information content (AvgIpc) is 2.83. The van der Waals surface area contributed by atoms with Crippen molar-refractivity contribution >= 4 is 11.3 Å². The summed E-state index contributed by atoms with van der Waals surface area (Å²) in [5.41, 5.74) is 9.53. The molecule has 0 aromatic carbocycles. The monoisotopic (exact) mass is 246 g/mol. The van der Waals surface area contributed by atoms with Crippen LogP contribution < -0.4 is 5.73 Å². The van der Waals surface area contributed by atoms with Crippen molar-refractivity contribution in [1.29, 1.82) is 0 Å². The number of thiophene rings is 1. The van der Waals surface area contributed by atoms with E-state index < -0.39 is 0 Å². The lowest BCUT2D eigenvalue weighted by molar-refractivity contribution is 0.0502. The van der Waals surface area contributed by atoms with Crippen LogP contribution in [0, 0.1) is 0 Å². The van der Waals surface area contributed by atoms with Crippen molar-refractivity contribution in [3.8, 4) is 11.1 Å². The largest absolute Gasteiger partial charge is 0.372 e. The summed E-state index contributed by atoms with van der Waals surface area (Å²) in [4.78, 5) is 5.47. The topological polar surface area (TPSA) is 48.1 Å². The van der Waals surface area contributed by atoms with Gasteiger partial charge in [-0.3, -0.25) is 4.98 Å². The van der Waals surface area contributed by atoms with Crippen LogP contribution in [0.3, 0.4) is 0 Å². The van der Waals surface area contributed by atoms with E-state index in [1.165, 1.54) is 21.6 Å². The third kappa shape index (κ3) is 1.88. The van der Waals surface area contributed by atoms with Gasteiger partial charge in [0, 0.05) is 35.8 Å². The highest BCUT2D eigenvalue weighted by Gasteiger charge is 2.25. The second kappa shape index (κ2) is 4.56. The van der Waals surface area contributed by atoms with E-state index in [1.54, 1.807) is 0 Å². The van der Waals surface area contributed by atoms with Gasteiger partial charge in [0.1, 0.15) is 0 Å². The Hall–Kier alpha value is -1.23. The number of nitrogens with zero attached hydrogens (tertiary/aromatic N) is 1. The quantitative estimate of drug-likeness (QED) is 0.885. The first-order valence-corrected chi connectivity index (χ1v) is 6.60. The van der Waals surface area contributed by atoms with Gasteiger partial charge >= 0.3 is 0 Å². The van der Waals surface area contributed by atoms with Gasteiger partial charge in [0.05, 0.1) is 12.7 Å².